The molecule has 0 aliphatic heterocycles. The van der Waals surface area contributed by atoms with Crippen molar-refractivity contribution in [1.29, 1.82) is 0 Å². The molecule has 1 heterocycles. The Hall–Kier alpha value is -5.37. The van der Waals surface area contributed by atoms with E-state index in [1.807, 2.05) is 0 Å². The Kier molecular flexibility index (Phi) is 8.27. The predicted octanol–water partition coefficient (Wildman–Crippen LogP) is 5.24. The van der Waals surface area contributed by atoms with Crippen LogP contribution in [0, 0.1) is 11.6 Å². The number of nitrogens with one attached hydrogen (secondary N) is 1. The van der Waals surface area contributed by atoms with Crippen LogP contribution in [0.25, 0.3) is 0 Å². The number of benzene rings is 3. The molecule has 226 valence electrons. The standard InChI is InChI=1S/C30H22F2N2O9S/c31-17-6-12-23(22(32)14-17)43-27(16-4-8-19(9-5-16)44(40,41)20-10-11-20)28(35)34-25-13-7-18(15-33-25)42-24-3-1-2-21(29(36)37)26(24)30(38)39/h1-9,12-15,20,27H,10-11H2,(H,36,37)(H,38,39)(H,33,34,35). The van der Waals surface area contributed by atoms with Gasteiger partial charge in [-0.15, -0.1) is 0 Å². The Morgan fingerprint density at radius 3 is 2.23 bits per heavy atom. The highest BCUT2D eigenvalue weighted by atomic mass is 32.2. The number of aromatic nitrogens is 1. The molecule has 0 radical (unpaired) electrons. The quantitative estimate of drug-likeness (QED) is 0.201. The molecule has 11 nitrogen and oxygen atoms in total. The van der Waals surface area contributed by atoms with Gasteiger partial charge in [0.15, 0.2) is 21.4 Å². The number of hydrogen-bond acceptors (Lipinski definition) is 8. The molecular formula is C30H22F2N2O9S. The maximum absolute atomic E-state index is 14.4. The molecule has 44 heavy (non-hydrogen) atoms. The number of ether oxygens (including phenoxy) is 2. The van der Waals surface area contributed by atoms with Crippen LogP contribution in [0.2, 0.25) is 0 Å². The summed E-state index contributed by atoms with van der Waals surface area (Å²) >= 11 is 0. The number of carbonyl (C=O) groups is 3. The van der Waals surface area contributed by atoms with Crippen molar-refractivity contribution in [2.24, 2.45) is 0 Å². The summed E-state index contributed by atoms with van der Waals surface area (Å²) in [5.41, 5.74) is -0.879. The van der Waals surface area contributed by atoms with Crippen LogP contribution in [0.4, 0.5) is 14.6 Å². The number of anilines is 1. The van der Waals surface area contributed by atoms with Crippen LogP contribution >= 0.6 is 0 Å². The van der Waals surface area contributed by atoms with Gasteiger partial charge in [-0.1, -0.05) is 18.2 Å². The molecule has 3 aromatic carbocycles. The first kappa shape index (κ1) is 30.1. The second kappa shape index (κ2) is 12.1. The molecular weight excluding hydrogens is 602 g/mol. The SMILES string of the molecule is O=C(O)c1cccc(Oc2ccc(NC(=O)C(Oc3ccc(F)cc3F)c3ccc(S(=O)(=O)C4CC4)cc3)nc2)c1C(=O)O. The number of aromatic carboxylic acids is 2. The van der Waals surface area contributed by atoms with Gasteiger partial charge < -0.3 is 25.0 Å². The number of halogens is 2. The zero-order valence-corrected chi connectivity index (χ0v) is 23.3. The third kappa shape index (κ3) is 6.49. The highest BCUT2D eigenvalue weighted by Crippen LogP contribution is 2.35. The molecule has 1 aliphatic rings. The van der Waals surface area contributed by atoms with Crippen molar-refractivity contribution in [3.63, 3.8) is 0 Å². The topological polar surface area (TPSA) is 169 Å². The first-order valence-corrected chi connectivity index (χ1v) is 14.5. The van der Waals surface area contributed by atoms with Crippen molar-refractivity contribution >= 4 is 33.5 Å². The van der Waals surface area contributed by atoms with Gasteiger partial charge in [0.1, 0.15) is 28.7 Å². The van der Waals surface area contributed by atoms with Gasteiger partial charge in [0.25, 0.3) is 5.91 Å². The molecule has 1 fully saturated rings. The Morgan fingerprint density at radius 2 is 1.64 bits per heavy atom. The van der Waals surface area contributed by atoms with Crippen LogP contribution in [0.1, 0.15) is 45.2 Å². The van der Waals surface area contributed by atoms with Gasteiger partial charge >= 0.3 is 11.9 Å². The third-order valence-corrected chi connectivity index (χ3v) is 8.82. The van der Waals surface area contributed by atoms with E-state index in [1.54, 1.807) is 0 Å². The van der Waals surface area contributed by atoms with E-state index in [0.717, 1.165) is 24.4 Å². The van der Waals surface area contributed by atoms with Crippen molar-refractivity contribution in [3.05, 3.63) is 107 Å². The van der Waals surface area contributed by atoms with E-state index in [4.69, 9.17) is 9.47 Å². The summed E-state index contributed by atoms with van der Waals surface area (Å²) in [6, 6.07) is 14.2. The van der Waals surface area contributed by atoms with Gasteiger partial charge in [0, 0.05) is 11.6 Å². The Morgan fingerprint density at radius 1 is 0.909 bits per heavy atom. The number of pyridine rings is 1. The minimum atomic E-state index is -3.51. The molecule has 0 bridgehead atoms. The van der Waals surface area contributed by atoms with Gasteiger partial charge in [-0.2, -0.15) is 0 Å². The van der Waals surface area contributed by atoms with Crippen molar-refractivity contribution in [3.8, 4) is 17.2 Å². The normalized spacial score (nSPS) is 13.5. The number of nitrogens with zero attached hydrogens (tertiary/aromatic N) is 1. The number of carboxylic acids is 2. The second-order valence-electron chi connectivity index (χ2n) is 9.65. The number of rotatable bonds is 11. The number of carboxylic acid groups (broad SMARTS) is 2. The fourth-order valence-corrected chi connectivity index (χ4v) is 5.88. The fraction of sp³-hybridized carbons (Fsp3) is 0.133. The summed E-state index contributed by atoms with van der Waals surface area (Å²) in [6.07, 6.45) is 0.743. The van der Waals surface area contributed by atoms with E-state index in [2.05, 4.69) is 10.3 Å². The van der Waals surface area contributed by atoms with E-state index < -0.39 is 67.5 Å². The average molecular weight is 625 g/mol. The summed E-state index contributed by atoms with van der Waals surface area (Å²) in [5.74, 6) is -6.44. The Balaban J connectivity index is 1.38. The summed E-state index contributed by atoms with van der Waals surface area (Å²) in [6.45, 7) is 0. The van der Waals surface area contributed by atoms with E-state index in [0.29, 0.717) is 18.9 Å². The van der Waals surface area contributed by atoms with Crippen molar-refractivity contribution < 1.29 is 51.3 Å². The molecule has 4 aromatic rings. The molecule has 1 aliphatic carbocycles. The lowest BCUT2D eigenvalue weighted by Gasteiger charge is -2.20. The number of hydrogen-bond donors (Lipinski definition) is 3. The third-order valence-electron chi connectivity index (χ3n) is 6.54. The van der Waals surface area contributed by atoms with E-state index in [1.165, 1.54) is 48.5 Å². The lowest BCUT2D eigenvalue weighted by molar-refractivity contribution is -0.123. The lowest BCUT2D eigenvalue weighted by Crippen LogP contribution is -2.26. The van der Waals surface area contributed by atoms with Crippen LogP contribution in [0.15, 0.2) is 83.9 Å². The largest absolute Gasteiger partial charge is 0.478 e. The van der Waals surface area contributed by atoms with Gasteiger partial charge in [-0.05, 0) is 61.4 Å². The molecule has 0 spiro atoms. The minimum Gasteiger partial charge on any atom is -0.478 e. The Labute approximate surface area is 248 Å². The van der Waals surface area contributed by atoms with Crippen LogP contribution in [0.5, 0.6) is 17.2 Å². The first-order valence-electron chi connectivity index (χ1n) is 12.9. The van der Waals surface area contributed by atoms with Crippen molar-refractivity contribution in [1.82, 2.24) is 4.98 Å². The van der Waals surface area contributed by atoms with Crippen LogP contribution < -0.4 is 14.8 Å². The van der Waals surface area contributed by atoms with Gasteiger partial charge in [0.05, 0.1) is 21.9 Å². The van der Waals surface area contributed by atoms with Gasteiger partial charge in [-0.3, -0.25) is 4.79 Å². The summed E-state index contributed by atoms with van der Waals surface area (Å²) in [5, 5.41) is 20.8. The second-order valence-corrected chi connectivity index (χ2v) is 11.9. The maximum Gasteiger partial charge on any atom is 0.340 e. The minimum absolute atomic E-state index is 0.0154. The fourth-order valence-electron chi connectivity index (χ4n) is 4.22. The zero-order valence-electron chi connectivity index (χ0n) is 22.4. The molecule has 3 N–H and O–H groups in total. The van der Waals surface area contributed by atoms with Gasteiger partial charge in [0.2, 0.25) is 6.10 Å². The van der Waals surface area contributed by atoms with E-state index in [-0.39, 0.29) is 27.8 Å². The summed E-state index contributed by atoms with van der Waals surface area (Å²) < 4.78 is 64.2. The van der Waals surface area contributed by atoms with Crippen LogP contribution in [-0.2, 0) is 14.6 Å². The molecule has 1 saturated carbocycles. The Bertz CT molecular complexity index is 1860. The van der Waals surface area contributed by atoms with Crippen molar-refractivity contribution in [2.75, 3.05) is 5.32 Å². The molecule has 0 saturated heterocycles. The van der Waals surface area contributed by atoms with Crippen LogP contribution in [-0.4, -0.2) is 46.7 Å². The zero-order chi connectivity index (χ0) is 31.6. The summed E-state index contributed by atoms with van der Waals surface area (Å²) in [7, 11) is -3.51. The van der Waals surface area contributed by atoms with Crippen molar-refractivity contribution in [2.45, 2.75) is 29.1 Å². The molecule has 5 rings (SSSR count). The smallest absolute Gasteiger partial charge is 0.340 e. The van der Waals surface area contributed by atoms with Gasteiger partial charge in [-0.25, -0.2) is 31.8 Å². The average Bonchev–Trinajstić information content (AvgIpc) is 3.84. The highest BCUT2D eigenvalue weighted by Gasteiger charge is 2.37. The molecule has 1 atom stereocenters. The number of sulfone groups is 1. The monoisotopic (exact) mass is 624 g/mol. The molecule has 1 amide bonds. The van der Waals surface area contributed by atoms with Crippen LogP contribution in [0.3, 0.4) is 0 Å². The maximum atomic E-state index is 14.4. The predicted molar refractivity (Wildman–Crippen MR) is 150 cm³/mol. The highest BCUT2D eigenvalue weighted by molar-refractivity contribution is 7.92. The molecule has 14 heteroatoms. The molecule has 1 unspecified atom stereocenters. The number of amides is 1. The lowest BCUT2D eigenvalue weighted by atomic mass is 10.1. The van der Waals surface area contributed by atoms with E-state index >= 15 is 0 Å². The first-order chi connectivity index (χ1) is 20.9. The summed E-state index contributed by atoms with van der Waals surface area (Å²) in [4.78, 5) is 40.6. The van der Waals surface area contributed by atoms with E-state index in [9.17, 15) is 41.8 Å². The number of carbonyl (C=O) groups excluding carboxylic acids is 1. The molecule has 1 aromatic heterocycles.